The van der Waals surface area contributed by atoms with Crippen LogP contribution in [0.2, 0.25) is 0 Å². The van der Waals surface area contributed by atoms with E-state index in [2.05, 4.69) is 200 Å². The molecule has 0 amide bonds. The summed E-state index contributed by atoms with van der Waals surface area (Å²) in [5.41, 5.74) is 15.6. The number of nitrogens with zero attached hydrogens (tertiary/aromatic N) is 2. The Morgan fingerprint density at radius 2 is 0.794 bits per heavy atom. The van der Waals surface area contributed by atoms with E-state index in [0.29, 0.717) is 23.1 Å². The summed E-state index contributed by atoms with van der Waals surface area (Å²) in [5.74, 6) is 3.49. The fourth-order valence-corrected chi connectivity index (χ4v) is 9.50. The second-order valence-corrected chi connectivity index (χ2v) is 16.1. The standard InChI is InChI=1S/C59H38N2O2/c1-5-15-39(16-6-1)40-25-29-42(30-26-40)51-38-52(61-58(60-51)44-17-7-2-8-18-44)43-31-27-41(28-32-43)45-33-35-53-55(37-45)63-57-54(62-53)36-34-50-56(57)48-23-13-14-24-49(48)59(50,46-19-9-3-10-20-46)47-21-11-4-12-22-47/h1-38H. The van der Waals surface area contributed by atoms with E-state index < -0.39 is 5.41 Å². The largest absolute Gasteiger partial charge is 0.449 e. The molecular weight excluding hydrogens is 769 g/mol. The predicted octanol–water partition coefficient (Wildman–Crippen LogP) is 15.1. The Kier molecular flexibility index (Phi) is 8.68. The minimum absolute atomic E-state index is 0.532. The van der Waals surface area contributed by atoms with Gasteiger partial charge in [-0.1, -0.05) is 206 Å². The second-order valence-electron chi connectivity index (χ2n) is 16.1. The Hall–Kier alpha value is -8.34. The Morgan fingerprint density at radius 3 is 1.41 bits per heavy atom. The van der Waals surface area contributed by atoms with Gasteiger partial charge in [0.15, 0.2) is 28.8 Å². The van der Waals surface area contributed by atoms with Crippen molar-refractivity contribution in [3.63, 3.8) is 0 Å². The normalized spacial score (nSPS) is 12.8. The number of benzene rings is 9. The Balaban J connectivity index is 0.899. The van der Waals surface area contributed by atoms with Crippen LogP contribution in [0.15, 0.2) is 231 Å². The van der Waals surface area contributed by atoms with Gasteiger partial charge in [-0.2, -0.15) is 0 Å². The molecule has 4 heteroatoms. The predicted molar refractivity (Wildman–Crippen MR) is 253 cm³/mol. The molecule has 296 valence electrons. The van der Waals surface area contributed by atoms with Gasteiger partial charge in [0.2, 0.25) is 0 Å². The maximum Gasteiger partial charge on any atom is 0.178 e. The van der Waals surface area contributed by atoms with E-state index in [4.69, 9.17) is 19.4 Å². The molecule has 1 aliphatic heterocycles. The number of ether oxygens (including phenoxy) is 2. The zero-order valence-electron chi connectivity index (χ0n) is 34.2. The molecule has 12 rings (SSSR count). The Labute approximate surface area is 366 Å². The molecular formula is C59H38N2O2. The average molecular weight is 807 g/mol. The molecule has 2 heterocycles. The van der Waals surface area contributed by atoms with E-state index in [0.717, 1.165) is 56.1 Å². The molecule has 63 heavy (non-hydrogen) atoms. The minimum Gasteiger partial charge on any atom is -0.449 e. The zero-order chi connectivity index (χ0) is 41.7. The molecule has 0 saturated carbocycles. The van der Waals surface area contributed by atoms with E-state index in [1.807, 2.05) is 30.3 Å². The first-order chi connectivity index (χ1) is 31.2. The lowest BCUT2D eigenvalue weighted by Gasteiger charge is -2.34. The van der Waals surface area contributed by atoms with Crippen molar-refractivity contribution in [2.75, 3.05) is 0 Å². The fraction of sp³-hybridized carbons (Fsp3) is 0.0169. The summed E-state index contributed by atoms with van der Waals surface area (Å²) in [7, 11) is 0. The van der Waals surface area contributed by atoms with Crippen LogP contribution in [0.4, 0.5) is 0 Å². The minimum atomic E-state index is -0.532. The van der Waals surface area contributed by atoms with Crippen LogP contribution in [0, 0.1) is 0 Å². The first kappa shape index (κ1) is 36.5. The molecule has 0 N–H and O–H groups in total. The summed E-state index contributed by atoms with van der Waals surface area (Å²) in [5, 5.41) is 0. The average Bonchev–Trinajstić information content (AvgIpc) is 3.68. The smallest absolute Gasteiger partial charge is 0.178 e. The van der Waals surface area contributed by atoms with Gasteiger partial charge in [-0.05, 0) is 74.3 Å². The molecule has 4 nitrogen and oxygen atoms in total. The third-order valence-electron chi connectivity index (χ3n) is 12.5. The number of fused-ring (bicyclic) bond motifs is 6. The van der Waals surface area contributed by atoms with Crippen molar-refractivity contribution in [1.82, 2.24) is 9.97 Å². The summed E-state index contributed by atoms with van der Waals surface area (Å²) in [6.07, 6.45) is 0. The zero-order valence-corrected chi connectivity index (χ0v) is 34.2. The molecule has 1 aliphatic carbocycles. The molecule has 1 aromatic heterocycles. The van der Waals surface area contributed by atoms with Gasteiger partial charge in [-0.3, -0.25) is 0 Å². The molecule has 0 unspecified atom stereocenters. The molecule has 2 aliphatic rings. The van der Waals surface area contributed by atoms with Crippen molar-refractivity contribution in [3.8, 4) is 90.3 Å². The summed E-state index contributed by atoms with van der Waals surface area (Å²) in [4.78, 5) is 10.2. The highest BCUT2D eigenvalue weighted by Gasteiger charge is 2.48. The van der Waals surface area contributed by atoms with Crippen LogP contribution >= 0.6 is 0 Å². The van der Waals surface area contributed by atoms with Gasteiger partial charge >= 0.3 is 0 Å². The summed E-state index contributed by atoms with van der Waals surface area (Å²) in [6, 6.07) is 80.7. The van der Waals surface area contributed by atoms with Crippen LogP contribution in [0.25, 0.3) is 67.3 Å². The molecule has 0 atom stereocenters. The van der Waals surface area contributed by atoms with Crippen molar-refractivity contribution in [2.24, 2.45) is 0 Å². The third kappa shape index (κ3) is 6.14. The number of rotatable bonds is 7. The summed E-state index contributed by atoms with van der Waals surface area (Å²) < 4.78 is 13.6. The molecule has 0 spiro atoms. The van der Waals surface area contributed by atoms with Crippen LogP contribution in [-0.2, 0) is 5.41 Å². The topological polar surface area (TPSA) is 44.2 Å². The van der Waals surface area contributed by atoms with Gasteiger partial charge in [0.05, 0.1) is 16.8 Å². The molecule has 9 aromatic carbocycles. The summed E-state index contributed by atoms with van der Waals surface area (Å²) >= 11 is 0. The van der Waals surface area contributed by atoms with Gasteiger partial charge in [0, 0.05) is 22.3 Å². The van der Waals surface area contributed by atoms with Gasteiger partial charge in [-0.15, -0.1) is 0 Å². The van der Waals surface area contributed by atoms with Crippen molar-refractivity contribution in [3.05, 3.63) is 253 Å². The maximum atomic E-state index is 7.00. The lowest BCUT2D eigenvalue weighted by molar-refractivity contribution is 0.360. The van der Waals surface area contributed by atoms with Crippen LogP contribution in [-0.4, -0.2) is 9.97 Å². The number of aromatic nitrogens is 2. The highest BCUT2D eigenvalue weighted by molar-refractivity contribution is 5.92. The van der Waals surface area contributed by atoms with Crippen molar-refractivity contribution in [2.45, 2.75) is 5.41 Å². The maximum absolute atomic E-state index is 7.00. The van der Waals surface area contributed by atoms with E-state index in [-0.39, 0.29) is 0 Å². The Bertz CT molecular complexity index is 3260. The first-order valence-corrected chi connectivity index (χ1v) is 21.3. The lowest BCUT2D eigenvalue weighted by atomic mass is 9.68. The van der Waals surface area contributed by atoms with Crippen LogP contribution in [0.3, 0.4) is 0 Å². The number of hydrogen-bond acceptors (Lipinski definition) is 4. The van der Waals surface area contributed by atoms with E-state index >= 15 is 0 Å². The van der Waals surface area contributed by atoms with E-state index in [9.17, 15) is 0 Å². The molecule has 0 radical (unpaired) electrons. The quantitative estimate of drug-likeness (QED) is 0.161. The fourth-order valence-electron chi connectivity index (χ4n) is 9.50. The van der Waals surface area contributed by atoms with Crippen molar-refractivity contribution < 1.29 is 9.47 Å². The van der Waals surface area contributed by atoms with Gasteiger partial charge in [0.1, 0.15) is 0 Å². The van der Waals surface area contributed by atoms with Crippen molar-refractivity contribution in [1.29, 1.82) is 0 Å². The van der Waals surface area contributed by atoms with E-state index in [1.165, 1.54) is 33.4 Å². The Morgan fingerprint density at radius 1 is 0.317 bits per heavy atom. The summed E-state index contributed by atoms with van der Waals surface area (Å²) in [6.45, 7) is 0. The number of hydrogen-bond donors (Lipinski definition) is 0. The van der Waals surface area contributed by atoms with Crippen molar-refractivity contribution >= 4 is 0 Å². The monoisotopic (exact) mass is 806 g/mol. The highest BCUT2D eigenvalue weighted by atomic mass is 16.6. The van der Waals surface area contributed by atoms with Gasteiger partial charge in [-0.25, -0.2) is 9.97 Å². The van der Waals surface area contributed by atoms with Gasteiger partial charge < -0.3 is 9.47 Å². The lowest BCUT2D eigenvalue weighted by Crippen LogP contribution is -2.28. The first-order valence-electron chi connectivity index (χ1n) is 21.3. The van der Waals surface area contributed by atoms with Gasteiger partial charge in [0.25, 0.3) is 0 Å². The van der Waals surface area contributed by atoms with Crippen LogP contribution < -0.4 is 9.47 Å². The molecule has 0 fully saturated rings. The second kappa shape index (κ2) is 15.0. The highest BCUT2D eigenvalue weighted by Crippen LogP contribution is 2.62. The van der Waals surface area contributed by atoms with Crippen LogP contribution in [0.1, 0.15) is 22.3 Å². The van der Waals surface area contributed by atoms with Crippen LogP contribution in [0.5, 0.6) is 23.0 Å². The molecule has 0 saturated heterocycles. The molecule has 10 aromatic rings. The third-order valence-corrected chi connectivity index (χ3v) is 12.5. The molecule has 0 bridgehead atoms. The van der Waals surface area contributed by atoms with E-state index in [1.54, 1.807) is 0 Å². The SMILES string of the molecule is c1ccc(-c2ccc(-c3cc(-c4ccc(-c5ccc6c(c5)Oc5c(ccc7c5-c5ccccc5C7(c5ccccc5)c5ccccc5)O6)cc4)nc(-c4ccccc4)n3)cc2)cc1.